The Kier molecular flexibility index (Phi) is 2.28. The lowest BCUT2D eigenvalue weighted by molar-refractivity contribution is 0.150. The van der Waals surface area contributed by atoms with E-state index < -0.39 is 15.3 Å². The van der Waals surface area contributed by atoms with Gasteiger partial charge < -0.3 is 4.74 Å². The van der Waals surface area contributed by atoms with E-state index in [-0.39, 0.29) is 17.4 Å². The zero-order valence-corrected chi connectivity index (χ0v) is 8.72. The van der Waals surface area contributed by atoms with Gasteiger partial charge in [0.15, 0.2) is 9.84 Å². The van der Waals surface area contributed by atoms with Gasteiger partial charge in [-0.05, 0) is 18.8 Å². The van der Waals surface area contributed by atoms with Crippen molar-refractivity contribution in [2.75, 3.05) is 24.7 Å². The molecule has 2 atom stereocenters. The molecule has 2 unspecified atom stereocenters. The van der Waals surface area contributed by atoms with Crippen molar-refractivity contribution in [2.24, 2.45) is 11.3 Å². The van der Waals surface area contributed by atoms with Crippen LogP contribution < -0.4 is 0 Å². The Bertz CT molecular complexity index is 362. The van der Waals surface area contributed by atoms with Gasteiger partial charge >= 0.3 is 0 Å². The second-order valence-electron chi connectivity index (χ2n) is 4.17. The third-order valence-corrected chi connectivity index (χ3v) is 5.06. The van der Waals surface area contributed by atoms with Crippen molar-refractivity contribution >= 4 is 9.84 Å². The van der Waals surface area contributed by atoms with Gasteiger partial charge in [-0.15, -0.1) is 0 Å². The predicted octanol–water partition coefficient (Wildman–Crippen LogP) is 0.351. The molecular weight excluding hydrogens is 202 g/mol. The molecule has 2 aliphatic heterocycles. The molecule has 0 aromatic rings. The summed E-state index contributed by atoms with van der Waals surface area (Å²) in [5.41, 5.74) is -0.524. The highest BCUT2D eigenvalue weighted by molar-refractivity contribution is 7.91. The quantitative estimate of drug-likeness (QED) is 0.633. The van der Waals surface area contributed by atoms with Crippen LogP contribution in [0.2, 0.25) is 0 Å². The molecule has 78 valence electrons. The molecule has 2 saturated heterocycles. The van der Waals surface area contributed by atoms with E-state index in [4.69, 9.17) is 10.00 Å². The largest absolute Gasteiger partial charge is 0.380 e. The Morgan fingerprint density at radius 3 is 2.71 bits per heavy atom. The van der Waals surface area contributed by atoms with Crippen molar-refractivity contribution in [3.05, 3.63) is 0 Å². The van der Waals surface area contributed by atoms with Crippen LogP contribution in [-0.4, -0.2) is 33.1 Å². The maximum atomic E-state index is 11.3. The summed E-state index contributed by atoms with van der Waals surface area (Å²) in [4.78, 5) is 0. The van der Waals surface area contributed by atoms with Gasteiger partial charge in [0.05, 0.1) is 29.6 Å². The Balaban J connectivity index is 2.20. The number of hydrogen-bond acceptors (Lipinski definition) is 4. The van der Waals surface area contributed by atoms with Crippen LogP contribution >= 0.6 is 0 Å². The minimum absolute atomic E-state index is 0.0139. The standard InChI is InChI=1S/C9H13NO3S/c10-6-9(2-3-13-7-9)8-1-4-14(11,12)5-8/h8H,1-5,7H2. The zero-order chi connectivity index (χ0) is 10.2. The second-order valence-corrected chi connectivity index (χ2v) is 6.40. The first kappa shape index (κ1) is 9.94. The van der Waals surface area contributed by atoms with Crippen molar-refractivity contribution in [3.8, 4) is 6.07 Å². The Morgan fingerprint density at radius 2 is 2.29 bits per heavy atom. The first-order valence-electron chi connectivity index (χ1n) is 4.77. The molecular formula is C9H13NO3S. The van der Waals surface area contributed by atoms with Gasteiger partial charge in [-0.25, -0.2) is 8.42 Å². The Morgan fingerprint density at radius 1 is 1.50 bits per heavy atom. The van der Waals surface area contributed by atoms with Crippen LogP contribution in [0.1, 0.15) is 12.8 Å². The van der Waals surface area contributed by atoms with Crippen LogP contribution in [0.4, 0.5) is 0 Å². The molecule has 0 aliphatic carbocycles. The van der Waals surface area contributed by atoms with Crippen LogP contribution in [0.25, 0.3) is 0 Å². The first-order valence-corrected chi connectivity index (χ1v) is 6.60. The van der Waals surface area contributed by atoms with Gasteiger partial charge in [-0.3, -0.25) is 0 Å². The summed E-state index contributed by atoms with van der Waals surface area (Å²) in [7, 11) is -2.89. The average molecular weight is 215 g/mol. The third-order valence-electron chi connectivity index (χ3n) is 3.29. The van der Waals surface area contributed by atoms with Gasteiger partial charge in [0.2, 0.25) is 0 Å². The van der Waals surface area contributed by atoms with Crippen LogP contribution in [0.5, 0.6) is 0 Å². The number of sulfone groups is 1. The van der Waals surface area contributed by atoms with Gasteiger partial charge in [0, 0.05) is 6.61 Å². The van der Waals surface area contributed by atoms with Crippen molar-refractivity contribution in [3.63, 3.8) is 0 Å². The van der Waals surface area contributed by atoms with Crippen LogP contribution in [0.15, 0.2) is 0 Å². The highest BCUT2D eigenvalue weighted by Crippen LogP contribution is 2.41. The van der Waals surface area contributed by atoms with Gasteiger partial charge in [0.1, 0.15) is 0 Å². The molecule has 0 spiro atoms. The van der Waals surface area contributed by atoms with Gasteiger partial charge in [0.25, 0.3) is 0 Å². The number of nitriles is 1. The molecule has 2 aliphatic rings. The minimum Gasteiger partial charge on any atom is -0.380 e. The minimum atomic E-state index is -2.89. The Labute approximate surface area is 83.8 Å². The van der Waals surface area contributed by atoms with E-state index in [1.165, 1.54) is 0 Å². The molecule has 2 fully saturated rings. The number of ether oxygens (including phenoxy) is 1. The lowest BCUT2D eigenvalue weighted by Crippen LogP contribution is -2.30. The molecule has 2 heterocycles. The maximum Gasteiger partial charge on any atom is 0.150 e. The third kappa shape index (κ3) is 1.53. The number of nitrogens with zero attached hydrogens (tertiary/aromatic N) is 1. The molecule has 0 radical (unpaired) electrons. The smallest absolute Gasteiger partial charge is 0.150 e. The molecule has 5 heteroatoms. The summed E-state index contributed by atoms with van der Waals surface area (Å²) < 4.78 is 27.8. The topological polar surface area (TPSA) is 67.2 Å². The van der Waals surface area contributed by atoms with Crippen LogP contribution in [-0.2, 0) is 14.6 Å². The number of hydrogen-bond donors (Lipinski definition) is 0. The van der Waals surface area contributed by atoms with Crippen molar-refractivity contribution in [1.29, 1.82) is 5.26 Å². The van der Waals surface area contributed by atoms with Crippen molar-refractivity contribution in [2.45, 2.75) is 12.8 Å². The second kappa shape index (κ2) is 3.21. The molecule has 0 aromatic heterocycles. The number of rotatable bonds is 1. The fraction of sp³-hybridized carbons (Fsp3) is 0.889. The normalized spacial score (nSPS) is 40.9. The predicted molar refractivity (Wildman–Crippen MR) is 50.2 cm³/mol. The molecule has 14 heavy (non-hydrogen) atoms. The lowest BCUT2D eigenvalue weighted by Gasteiger charge is -2.24. The van der Waals surface area contributed by atoms with E-state index in [0.29, 0.717) is 26.1 Å². The summed E-state index contributed by atoms with van der Waals surface area (Å²) >= 11 is 0. The van der Waals surface area contributed by atoms with Crippen molar-refractivity contribution < 1.29 is 13.2 Å². The highest BCUT2D eigenvalue weighted by atomic mass is 32.2. The van der Waals surface area contributed by atoms with Crippen molar-refractivity contribution in [1.82, 2.24) is 0 Å². The van der Waals surface area contributed by atoms with E-state index in [2.05, 4.69) is 6.07 Å². The lowest BCUT2D eigenvalue weighted by atomic mass is 9.76. The van der Waals surface area contributed by atoms with E-state index in [1.54, 1.807) is 0 Å². The summed E-state index contributed by atoms with van der Waals surface area (Å²) in [6.07, 6.45) is 1.31. The van der Waals surface area contributed by atoms with E-state index in [0.717, 1.165) is 0 Å². The molecule has 0 bridgehead atoms. The van der Waals surface area contributed by atoms with Crippen LogP contribution in [0.3, 0.4) is 0 Å². The molecule has 0 aromatic carbocycles. The monoisotopic (exact) mass is 215 g/mol. The molecule has 0 N–H and O–H groups in total. The highest BCUT2D eigenvalue weighted by Gasteiger charge is 2.47. The fourth-order valence-electron chi connectivity index (χ4n) is 2.31. The molecule has 2 rings (SSSR count). The fourth-order valence-corrected chi connectivity index (χ4v) is 4.22. The van der Waals surface area contributed by atoms with E-state index >= 15 is 0 Å². The summed E-state index contributed by atoms with van der Waals surface area (Å²) in [6.45, 7) is 0.994. The molecule has 4 nitrogen and oxygen atoms in total. The summed E-state index contributed by atoms with van der Waals surface area (Å²) in [5, 5.41) is 9.12. The SMILES string of the molecule is N#CC1(C2CCS(=O)(=O)C2)CCOC1. The summed E-state index contributed by atoms with van der Waals surface area (Å²) in [5.74, 6) is 0.394. The summed E-state index contributed by atoms with van der Waals surface area (Å²) in [6, 6.07) is 2.27. The van der Waals surface area contributed by atoms with E-state index in [1.807, 2.05) is 0 Å². The van der Waals surface area contributed by atoms with Crippen LogP contribution in [0, 0.1) is 22.7 Å². The first-order chi connectivity index (χ1) is 6.58. The maximum absolute atomic E-state index is 11.3. The van der Waals surface area contributed by atoms with Gasteiger partial charge in [-0.1, -0.05) is 0 Å². The van der Waals surface area contributed by atoms with E-state index in [9.17, 15) is 8.42 Å². The Hall–Kier alpha value is -0.600. The molecule has 0 amide bonds. The van der Waals surface area contributed by atoms with Gasteiger partial charge in [-0.2, -0.15) is 5.26 Å². The molecule has 0 saturated carbocycles. The zero-order valence-electron chi connectivity index (χ0n) is 7.90. The average Bonchev–Trinajstić information content (AvgIpc) is 2.72.